The summed E-state index contributed by atoms with van der Waals surface area (Å²) >= 11 is 0. The summed E-state index contributed by atoms with van der Waals surface area (Å²) in [5.74, 6) is -0.374. The zero-order valence-corrected chi connectivity index (χ0v) is 18.8. The zero-order valence-electron chi connectivity index (χ0n) is 18.8. The number of nitrogens with one attached hydrogen (secondary N) is 3. The number of ether oxygens (including phenoxy) is 2. The fraction of sp³-hybridized carbons (Fsp3) is 0.130. The second-order valence-electron chi connectivity index (χ2n) is 7.43. The normalized spacial score (nSPS) is 11.6. The highest BCUT2D eigenvalue weighted by Gasteiger charge is 2.29. The van der Waals surface area contributed by atoms with Crippen molar-refractivity contribution in [3.8, 4) is 17.3 Å². The highest BCUT2D eigenvalue weighted by Crippen LogP contribution is 2.34. The van der Waals surface area contributed by atoms with E-state index in [0.717, 1.165) is 9.41 Å². The van der Waals surface area contributed by atoms with Crippen molar-refractivity contribution < 1.29 is 23.8 Å². The maximum absolute atomic E-state index is 15.5. The number of nitrogens with two attached hydrogens (primary N) is 1. The van der Waals surface area contributed by atoms with Crippen LogP contribution in [-0.2, 0) is 0 Å². The number of aromatic amines is 1. The van der Waals surface area contributed by atoms with E-state index in [0.29, 0.717) is 17.0 Å². The first-order valence-electron chi connectivity index (χ1n) is 10.3. The molecule has 0 amide bonds. The lowest BCUT2D eigenvalue weighted by Gasteiger charge is -2.20. The number of nitrogens with zero attached hydrogens (tertiary/aromatic N) is 3. The number of halogens is 1. The number of anilines is 1. The van der Waals surface area contributed by atoms with Crippen LogP contribution < -0.4 is 30.9 Å². The van der Waals surface area contributed by atoms with E-state index in [1.54, 1.807) is 36.4 Å². The Bertz CT molecular complexity index is 1430. The van der Waals surface area contributed by atoms with E-state index in [1.807, 2.05) is 0 Å². The molecule has 180 valence electrons. The Hall–Kier alpha value is -4.87. The molecule has 0 aliphatic heterocycles. The number of methoxy groups -OCH3 is 2. The summed E-state index contributed by atoms with van der Waals surface area (Å²) in [6.45, 7) is 0. The first-order valence-corrected chi connectivity index (χ1v) is 10.3. The Balaban J connectivity index is 1.86. The Morgan fingerprint density at radius 1 is 1.23 bits per heavy atom. The van der Waals surface area contributed by atoms with Crippen molar-refractivity contribution in [1.82, 2.24) is 14.8 Å². The first-order chi connectivity index (χ1) is 16.8. The minimum absolute atomic E-state index is 0.0590. The van der Waals surface area contributed by atoms with E-state index in [9.17, 15) is 10.0 Å². The Morgan fingerprint density at radius 3 is 2.60 bits per heavy atom. The fourth-order valence-corrected chi connectivity index (χ4v) is 3.49. The third kappa shape index (κ3) is 4.62. The number of pyridine rings is 1. The van der Waals surface area contributed by atoms with Gasteiger partial charge in [0.1, 0.15) is 23.8 Å². The standard InChI is InChI=1S/C23H22FN7O4/c1-34-15-11-16(19(24)17(12-15)35-2)20(27-14-8-6-13(7-9-14)21(25)26)22-28-23(32)31(29-22)18-5-3-4-10-30(18)33/h3-12,20H,1-2H3,(H5-,25,26,27,28,29,32,33)/p+1. The van der Waals surface area contributed by atoms with Crippen LogP contribution in [0.15, 0.2) is 65.6 Å². The average Bonchev–Trinajstić information content (AvgIpc) is 3.24. The molecule has 0 fully saturated rings. The SMILES string of the molecule is COc1cc(OC)c(F)c(C(Nc2ccc(C(=N)N)cc2)c2nn(-c3cccc[n+]3O)c(=O)[nH]2)c1. The topological polar surface area (TPSA) is 155 Å². The molecule has 0 spiro atoms. The minimum atomic E-state index is -1.01. The molecule has 0 aliphatic rings. The molecule has 0 bridgehead atoms. The highest BCUT2D eigenvalue weighted by atomic mass is 19.1. The van der Waals surface area contributed by atoms with Crippen LogP contribution >= 0.6 is 0 Å². The number of hydrogen-bond acceptors (Lipinski definition) is 7. The molecule has 2 aromatic carbocycles. The van der Waals surface area contributed by atoms with Crippen LogP contribution in [0, 0.1) is 11.2 Å². The summed E-state index contributed by atoms with van der Waals surface area (Å²) in [4.78, 5) is 15.4. The molecule has 2 aromatic heterocycles. The van der Waals surface area contributed by atoms with Crippen LogP contribution in [0.4, 0.5) is 10.1 Å². The van der Waals surface area contributed by atoms with Crippen molar-refractivity contribution in [2.45, 2.75) is 6.04 Å². The Labute approximate surface area is 198 Å². The number of benzene rings is 2. The summed E-state index contributed by atoms with van der Waals surface area (Å²) in [5, 5.41) is 25.1. The van der Waals surface area contributed by atoms with Gasteiger partial charge in [0, 0.05) is 28.9 Å². The number of rotatable bonds is 8. The van der Waals surface area contributed by atoms with Gasteiger partial charge in [0.25, 0.3) is 0 Å². The van der Waals surface area contributed by atoms with Crippen LogP contribution in [0.2, 0.25) is 0 Å². The Morgan fingerprint density at radius 2 is 1.97 bits per heavy atom. The molecule has 1 unspecified atom stereocenters. The molecule has 4 rings (SSSR count). The molecule has 11 nitrogen and oxygen atoms in total. The zero-order chi connectivity index (χ0) is 25.1. The van der Waals surface area contributed by atoms with E-state index in [-0.39, 0.29) is 28.8 Å². The van der Waals surface area contributed by atoms with Gasteiger partial charge in [0.15, 0.2) is 17.4 Å². The van der Waals surface area contributed by atoms with Crippen LogP contribution in [0.5, 0.6) is 11.5 Å². The number of aromatic nitrogens is 4. The summed E-state index contributed by atoms with van der Waals surface area (Å²) in [7, 11) is 2.77. The third-order valence-electron chi connectivity index (χ3n) is 5.26. The van der Waals surface area contributed by atoms with E-state index >= 15 is 4.39 Å². The lowest BCUT2D eigenvalue weighted by molar-refractivity contribution is -0.899. The van der Waals surface area contributed by atoms with Gasteiger partial charge in [-0.05, 0) is 45.8 Å². The third-order valence-corrected chi connectivity index (χ3v) is 5.26. The molecule has 0 saturated carbocycles. The van der Waals surface area contributed by atoms with Crippen molar-refractivity contribution >= 4 is 11.5 Å². The van der Waals surface area contributed by atoms with Gasteiger partial charge in [0.05, 0.1) is 14.2 Å². The predicted octanol–water partition coefficient (Wildman–Crippen LogP) is 1.73. The predicted molar refractivity (Wildman–Crippen MR) is 124 cm³/mol. The molecular formula is C23H23FN7O4+. The number of amidine groups is 1. The van der Waals surface area contributed by atoms with Gasteiger partial charge in [-0.2, -0.15) is 0 Å². The van der Waals surface area contributed by atoms with Gasteiger partial charge in [-0.15, -0.1) is 0 Å². The van der Waals surface area contributed by atoms with Crippen LogP contribution in [0.25, 0.3) is 5.82 Å². The van der Waals surface area contributed by atoms with E-state index in [2.05, 4.69) is 15.4 Å². The summed E-state index contributed by atoms with van der Waals surface area (Å²) in [6, 6.07) is 13.1. The molecule has 0 aliphatic carbocycles. The molecule has 35 heavy (non-hydrogen) atoms. The lowest BCUT2D eigenvalue weighted by Crippen LogP contribution is -2.38. The maximum atomic E-state index is 15.5. The molecule has 2 heterocycles. The Kier molecular flexibility index (Phi) is 6.36. The van der Waals surface area contributed by atoms with Gasteiger partial charge in [-0.3, -0.25) is 10.4 Å². The van der Waals surface area contributed by atoms with Crippen molar-refractivity contribution in [2.24, 2.45) is 5.73 Å². The molecule has 0 saturated heterocycles. The largest absolute Gasteiger partial charge is 0.497 e. The molecule has 4 aromatic rings. The lowest BCUT2D eigenvalue weighted by atomic mass is 10.0. The van der Waals surface area contributed by atoms with E-state index < -0.39 is 17.5 Å². The molecule has 6 N–H and O–H groups in total. The van der Waals surface area contributed by atoms with Gasteiger partial charge >= 0.3 is 11.5 Å². The minimum Gasteiger partial charge on any atom is -0.497 e. The van der Waals surface area contributed by atoms with Gasteiger partial charge in [0.2, 0.25) is 0 Å². The highest BCUT2D eigenvalue weighted by molar-refractivity contribution is 5.95. The van der Waals surface area contributed by atoms with Crippen LogP contribution in [0.1, 0.15) is 23.0 Å². The van der Waals surface area contributed by atoms with Crippen LogP contribution in [-0.4, -0.2) is 40.0 Å². The van der Waals surface area contributed by atoms with Crippen molar-refractivity contribution in [2.75, 3.05) is 19.5 Å². The summed E-state index contributed by atoms with van der Waals surface area (Å²) < 4.78 is 27.6. The first kappa shape index (κ1) is 23.3. The van der Waals surface area contributed by atoms with Gasteiger partial charge < -0.3 is 25.7 Å². The van der Waals surface area contributed by atoms with Crippen LogP contribution in [0.3, 0.4) is 0 Å². The number of hydrogen-bond donors (Lipinski definition) is 5. The summed E-state index contributed by atoms with van der Waals surface area (Å²) in [6.07, 6.45) is 1.34. The monoisotopic (exact) mass is 480 g/mol. The summed E-state index contributed by atoms with van der Waals surface area (Å²) in [5.41, 5.74) is 6.01. The molecule has 1 atom stereocenters. The molecule has 12 heteroatoms. The maximum Gasteiger partial charge on any atom is 0.440 e. The quantitative estimate of drug-likeness (QED) is 0.111. The average molecular weight is 480 g/mol. The van der Waals surface area contributed by atoms with Crippen molar-refractivity contribution in [3.05, 3.63) is 94.0 Å². The van der Waals surface area contributed by atoms with Crippen molar-refractivity contribution in [3.63, 3.8) is 0 Å². The fourth-order valence-electron chi connectivity index (χ4n) is 3.49. The van der Waals surface area contributed by atoms with Crippen molar-refractivity contribution in [1.29, 1.82) is 5.41 Å². The number of H-pyrrole nitrogens is 1. The molecule has 0 radical (unpaired) electrons. The van der Waals surface area contributed by atoms with E-state index in [4.69, 9.17) is 20.6 Å². The molecular weight excluding hydrogens is 457 g/mol. The van der Waals surface area contributed by atoms with Gasteiger partial charge in [-0.25, -0.2) is 9.18 Å². The second-order valence-corrected chi connectivity index (χ2v) is 7.43. The van der Waals surface area contributed by atoms with Gasteiger partial charge in [-0.1, -0.05) is 11.2 Å². The second kappa shape index (κ2) is 9.55. The number of nitrogen functional groups attached to an aromatic ring is 1. The van der Waals surface area contributed by atoms with E-state index in [1.165, 1.54) is 38.6 Å². The smallest absolute Gasteiger partial charge is 0.440 e.